The molecule has 0 aromatic carbocycles. The Morgan fingerprint density at radius 3 is 2.35 bits per heavy atom. The standard InChI is InChI=1S/C11H17N3O3/c15-9(14-5-3-1-2-4-6-14)7-8-10(16)13-11(17)12-8/h8H,1-7H2,(H2,12,13,16,17). The van der Waals surface area contributed by atoms with Gasteiger partial charge < -0.3 is 10.2 Å². The number of likely N-dealkylation sites (tertiary alicyclic amines) is 1. The van der Waals surface area contributed by atoms with Gasteiger partial charge in [0.15, 0.2) is 0 Å². The van der Waals surface area contributed by atoms with E-state index < -0.39 is 18.0 Å². The molecule has 6 heteroatoms. The van der Waals surface area contributed by atoms with E-state index >= 15 is 0 Å². The average Bonchev–Trinajstić information content (AvgIpc) is 2.54. The van der Waals surface area contributed by atoms with Crippen LogP contribution in [0.25, 0.3) is 0 Å². The second kappa shape index (κ2) is 5.16. The molecule has 2 fully saturated rings. The molecule has 17 heavy (non-hydrogen) atoms. The summed E-state index contributed by atoms with van der Waals surface area (Å²) in [5.74, 6) is -0.451. The average molecular weight is 239 g/mol. The van der Waals surface area contributed by atoms with Gasteiger partial charge in [-0.05, 0) is 12.8 Å². The number of carbonyl (C=O) groups excluding carboxylic acids is 3. The van der Waals surface area contributed by atoms with Gasteiger partial charge in [-0.2, -0.15) is 0 Å². The Morgan fingerprint density at radius 1 is 1.18 bits per heavy atom. The van der Waals surface area contributed by atoms with Crippen molar-refractivity contribution in [3.63, 3.8) is 0 Å². The lowest BCUT2D eigenvalue weighted by Crippen LogP contribution is -2.39. The molecular weight excluding hydrogens is 222 g/mol. The fourth-order valence-electron chi connectivity index (χ4n) is 2.23. The van der Waals surface area contributed by atoms with Gasteiger partial charge in [-0.15, -0.1) is 0 Å². The van der Waals surface area contributed by atoms with E-state index in [1.165, 1.54) is 0 Å². The van der Waals surface area contributed by atoms with Crippen molar-refractivity contribution >= 4 is 17.8 Å². The molecule has 0 aromatic heterocycles. The van der Waals surface area contributed by atoms with Crippen LogP contribution in [0.4, 0.5) is 4.79 Å². The van der Waals surface area contributed by atoms with Crippen molar-refractivity contribution in [2.75, 3.05) is 13.1 Å². The van der Waals surface area contributed by atoms with Crippen LogP contribution in [0.3, 0.4) is 0 Å². The van der Waals surface area contributed by atoms with Crippen LogP contribution >= 0.6 is 0 Å². The third-order valence-electron chi connectivity index (χ3n) is 3.20. The first-order valence-corrected chi connectivity index (χ1v) is 6.06. The first kappa shape index (κ1) is 11.9. The predicted octanol–water partition coefficient (Wildman–Crippen LogP) is -0.0129. The summed E-state index contributed by atoms with van der Waals surface area (Å²) in [6.07, 6.45) is 4.43. The summed E-state index contributed by atoms with van der Waals surface area (Å²) in [5, 5.41) is 4.57. The quantitative estimate of drug-likeness (QED) is 0.665. The van der Waals surface area contributed by atoms with Crippen molar-refractivity contribution in [1.82, 2.24) is 15.5 Å². The van der Waals surface area contributed by atoms with Crippen LogP contribution < -0.4 is 10.6 Å². The van der Waals surface area contributed by atoms with E-state index in [0.29, 0.717) is 0 Å². The Kier molecular flexibility index (Phi) is 3.61. The van der Waals surface area contributed by atoms with Gasteiger partial charge in [0.05, 0.1) is 6.42 Å². The molecule has 4 amide bonds. The van der Waals surface area contributed by atoms with Crippen LogP contribution in [0.5, 0.6) is 0 Å². The van der Waals surface area contributed by atoms with E-state index in [2.05, 4.69) is 10.6 Å². The zero-order valence-electron chi connectivity index (χ0n) is 9.70. The number of carbonyl (C=O) groups is 3. The summed E-state index contributed by atoms with van der Waals surface area (Å²) in [4.78, 5) is 36.0. The summed E-state index contributed by atoms with van der Waals surface area (Å²) in [6, 6.07) is -1.21. The third-order valence-corrected chi connectivity index (χ3v) is 3.20. The molecule has 2 saturated heterocycles. The SMILES string of the molecule is O=C1NC(=O)C(CC(=O)N2CCCCCC2)N1. The molecule has 1 unspecified atom stereocenters. The number of urea groups is 1. The Morgan fingerprint density at radius 2 is 1.82 bits per heavy atom. The van der Waals surface area contributed by atoms with Crippen molar-refractivity contribution in [1.29, 1.82) is 0 Å². The Labute approximate surface area is 99.7 Å². The number of hydrogen-bond donors (Lipinski definition) is 2. The molecule has 94 valence electrons. The highest BCUT2D eigenvalue weighted by molar-refractivity contribution is 6.05. The fourth-order valence-corrected chi connectivity index (χ4v) is 2.23. The number of imide groups is 1. The minimum absolute atomic E-state index is 0.0470. The normalized spacial score (nSPS) is 25.2. The number of amides is 4. The van der Waals surface area contributed by atoms with Crippen molar-refractivity contribution in [2.24, 2.45) is 0 Å². The highest BCUT2D eigenvalue weighted by atomic mass is 16.2. The number of hydrogen-bond acceptors (Lipinski definition) is 3. The molecule has 2 N–H and O–H groups in total. The molecule has 0 aliphatic carbocycles. The van der Waals surface area contributed by atoms with E-state index in [9.17, 15) is 14.4 Å². The van der Waals surface area contributed by atoms with Gasteiger partial charge in [0, 0.05) is 13.1 Å². The Balaban J connectivity index is 1.87. The zero-order valence-corrected chi connectivity index (χ0v) is 9.70. The van der Waals surface area contributed by atoms with E-state index in [1.807, 2.05) is 0 Å². The molecule has 2 aliphatic heterocycles. The first-order chi connectivity index (χ1) is 8.16. The maximum absolute atomic E-state index is 12.0. The van der Waals surface area contributed by atoms with Crippen LogP contribution in [-0.4, -0.2) is 41.9 Å². The summed E-state index contributed by atoms with van der Waals surface area (Å²) in [6.45, 7) is 1.53. The highest BCUT2D eigenvalue weighted by Gasteiger charge is 2.32. The second-order valence-electron chi connectivity index (χ2n) is 4.51. The second-order valence-corrected chi connectivity index (χ2v) is 4.51. The van der Waals surface area contributed by atoms with Crippen molar-refractivity contribution in [3.05, 3.63) is 0 Å². The van der Waals surface area contributed by atoms with Crippen molar-refractivity contribution < 1.29 is 14.4 Å². The van der Waals surface area contributed by atoms with Gasteiger partial charge in [0.2, 0.25) is 5.91 Å². The molecule has 0 bridgehead atoms. The summed E-state index contributed by atoms with van der Waals surface area (Å²) in [7, 11) is 0. The van der Waals surface area contributed by atoms with Gasteiger partial charge in [0.25, 0.3) is 5.91 Å². The lowest BCUT2D eigenvalue weighted by Gasteiger charge is -2.21. The third kappa shape index (κ3) is 2.95. The first-order valence-electron chi connectivity index (χ1n) is 6.06. The van der Waals surface area contributed by atoms with Crippen LogP contribution in [0, 0.1) is 0 Å². The van der Waals surface area contributed by atoms with Gasteiger partial charge in [-0.1, -0.05) is 12.8 Å². The molecular formula is C11H17N3O3. The monoisotopic (exact) mass is 239 g/mol. The highest BCUT2D eigenvalue weighted by Crippen LogP contribution is 2.12. The summed E-state index contributed by atoms with van der Waals surface area (Å²) >= 11 is 0. The topological polar surface area (TPSA) is 78.5 Å². The molecule has 1 atom stereocenters. The maximum atomic E-state index is 12.0. The van der Waals surface area contributed by atoms with Crippen LogP contribution in [0.15, 0.2) is 0 Å². The van der Waals surface area contributed by atoms with Gasteiger partial charge in [0.1, 0.15) is 6.04 Å². The van der Waals surface area contributed by atoms with E-state index in [4.69, 9.17) is 0 Å². The van der Waals surface area contributed by atoms with E-state index in [0.717, 1.165) is 38.8 Å². The molecule has 2 heterocycles. The Hall–Kier alpha value is -1.59. The van der Waals surface area contributed by atoms with Crippen molar-refractivity contribution in [2.45, 2.75) is 38.1 Å². The molecule has 0 spiro atoms. The van der Waals surface area contributed by atoms with E-state index in [-0.39, 0.29) is 12.3 Å². The molecule has 0 aromatic rings. The van der Waals surface area contributed by atoms with Crippen LogP contribution in [0.2, 0.25) is 0 Å². The molecule has 6 nitrogen and oxygen atoms in total. The Bertz CT molecular complexity index is 335. The minimum atomic E-state index is -0.696. The largest absolute Gasteiger partial charge is 0.343 e. The lowest BCUT2D eigenvalue weighted by molar-refractivity contribution is -0.133. The maximum Gasteiger partial charge on any atom is 0.322 e. The molecule has 2 rings (SSSR count). The van der Waals surface area contributed by atoms with Crippen LogP contribution in [-0.2, 0) is 9.59 Å². The van der Waals surface area contributed by atoms with Crippen molar-refractivity contribution in [3.8, 4) is 0 Å². The number of nitrogens with zero attached hydrogens (tertiary/aromatic N) is 1. The molecule has 0 radical (unpaired) electrons. The minimum Gasteiger partial charge on any atom is -0.343 e. The number of rotatable bonds is 2. The van der Waals surface area contributed by atoms with Gasteiger partial charge in [-0.3, -0.25) is 14.9 Å². The van der Waals surface area contributed by atoms with E-state index in [1.54, 1.807) is 4.90 Å². The fraction of sp³-hybridized carbons (Fsp3) is 0.727. The number of nitrogens with one attached hydrogen (secondary N) is 2. The smallest absolute Gasteiger partial charge is 0.322 e. The summed E-state index contributed by atoms with van der Waals surface area (Å²) < 4.78 is 0. The molecule has 2 aliphatic rings. The van der Waals surface area contributed by atoms with Gasteiger partial charge >= 0.3 is 6.03 Å². The summed E-state index contributed by atoms with van der Waals surface area (Å²) in [5.41, 5.74) is 0. The molecule has 0 saturated carbocycles. The lowest BCUT2D eigenvalue weighted by atomic mass is 10.2. The predicted molar refractivity (Wildman–Crippen MR) is 60.1 cm³/mol. The van der Waals surface area contributed by atoms with Crippen LogP contribution in [0.1, 0.15) is 32.1 Å². The zero-order chi connectivity index (χ0) is 12.3. The van der Waals surface area contributed by atoms with Gasteiger partial charge in [-0.25, -0.2) is 4.79 Å².